The Balaban J connectivity index is 2.70. The van der Waals surface area contributed by atoms with Crippen LogP contribution in [0.1, 0.15) is 26.7 Å². The normalized spacial score (nSPS) is 23.2. The summed E-state index contributed by atoms with van der Waals surface area (Å²) in [6.07, 6.45) is 1.55. The summed E-state index contributed by atoms with van der Waals surface area (Å²) in [5, 5.41) is 0. The molecule has 0 radical (unpaired) electrons. The molecule has 2 N–H and O–H groups in total. The SMILES string of the molecule is CC(C)C(Br)C(=O)N1CCCC1C(N)=O. The third kappa shape index (κ3) is 2.71. The second-order valence-electron chi connectivity index (χ2n) is 4.24. The Morgan fingerprint density at radius 1 is 1.47 bits per heavy atom. The fraction of sp³-hybridized carbons (Fsp3) is 0.800. The number of alkyl halides is 1. The maximum atomic E-state index is 12.0. The highest BCUT2D eigenvalue weighted by atomic mass is 79.9. The van der Waals surface area contributed by atoms with E-state index in [0.29, 0.717) is 13.0 Å². The minimum Gasteiger partial charge on any atom is -0.368 e. The lowest BCUT2D eigenvalue weighted by Crippen LogP contribution is -2.47. The van der Waals surface area contributed by atoms with E-state index in [-0.39, 0.29) is 16.7 Å². The number of hydrogen-bond acceptors (Lipinski definition) is 2. The number of carbonyl (C=O) groups excluding carboxylic acids is 2. The maximum absolute atomic E-state index is 12.0. The van der Waals surface area contributed by atoms with Gasteiger partial charge in [-0.25, -0.2) is 0 Å². The summed E-state index contributed by atoms with van der Waals surface area (Å²) in [6.45, 7) is 4.57. The first-order valence-electron chi connectivity index (χ1n) is 5.19. The molecule has 1 heterocycles. The number of hydrogen-bond donors (Lipinski definition) is 1. The van der Waals surface area contributed by atoms with E-state index >= 15 is 0 Å². The highest BCUT2D eigenvalue weighted by Crippen LogP contribution is 2.22. The van der Waals surface area contributed by atoms with E-state index in [1.54, 1.807) is 4.90 Å². The van der Waals surface area contributed by atoms with Gasteiger partial charge in [-0.2, -0.15) is 0 Å². The minimum atomic E-state index is -0.406. The van der Waals surface area contributed by atoms with Crippen molar-refractivity contribution in [2.75, 3.05) is 6.54 Å². The molecule has 1 aliphatic rings. The Bertz CT molecular complexity index is 268. The van der Waals surface area contributed by atoms with Crippen LogP contribution < -0.4 is 5.73 Å². The molecule has 0 bridgehead atoms. The number of primary amides is 1. The summed E-state index contributed by atoms with van der Waals surface area (Å²) < 4.78 is 0. The molecule has 0 saturated carbocycles. The first kappa shape index (κ1) is 12.5. The first-order chi connectivity index (χ1) is 6.95. The Hall–Kier alpha value is -0.580. The quantitative estimate of drug-likeness (QED) is 0.778. The number of carbonyl (C=O) groups is 2. The van der Waals surface area contributed by atoms with Gasteiger partial charge in [0.15, 0.2) is 0 Å². The number of nitrogens with zero attached hydrogens (tertiary/aromatic N) is 1. The van der Waals surface area contributed by atoms with E-state index in [2.05, 4.69) is 15.9 Å². The van der Waals surface area contributed by atoms with E-state index < -0.39 is 11.9 Å². The van der Waals surface area contributed by atoms with Crippen LogP contribution in [0.15, 0.2) is 0 Å². The third-order valence-electron chi connectivity index (χ3n) is 2.69. The van der Waals surface area contributed by atoms with Crippen molar-refractivity contribution in [3.63, 3.8) is 0 Å². The van der Waals surface area contributed by atoms with Crippen LogP contribution in [-0.4, -0.2) is 34.1 Å². The molecule has 15 heavy (non-hydrogen) atoms. The molecule has 4 nitrogen and oxygen atoms in total. The molecule has 86 valence electrons. The standard InChI is InChI=1S/C10H17BrN2O2/c1-6(2)8(11)10(15)13-5-3-4-7(13)9(12)14/h6-8H,3-5H2,1-2H3,(H2,12,14). The molecule has 0 aromatic rings. The lowest BCUT2D eigenvalue weighted by Gasteiger charge is -2.26. The molecule has 0 aromatic carbocycles. The first-order valence-corrected chi connectivity index (χ1v) is 6.10. The summed E-state index contributed by atoms with van der Waals surface area (Å²) in [6, 6.07) is -0.406. The van der Waals surface area contributed by atoms with Crippen molar-refractivity contribution in [1.29, 1.82) is 0 Å². The zero-order valence-corrected chi connectivity index (χ0v) is 10.7. The zero-order chi connectivity index (χ0) is 11.6. The minimum absolute atomic E-state index is 0.0219. The van der Waals surface area contributed by atoms with E-state index in [0.717, 1.165) is 6.42 Å². The number of halogens is 1. The Kier molecular flexibility index (Phi) is 4.13. The van der Waals surface area contributed by atoms with Crippen LogP contribution in [0, 0.1) is 5.92 Å². The summed E-state index contributed by atoms with van der Waals surface area (Å²) in [4.78, 5) is 24.5. The number of likely N-dealkylation sites (tertiary alicyclic amines) is 1. The maximum Gasteiger partial charge on any atom is 0.240 e. The van der Waals surface area contributed by atoms with Gasteiger partial charge in [-0.3, -0.25) is 9.59 Å². The molecule has 0 spiro atoms. The van der Waals surface area contributed by atoms with Crippen molar-refractivity contribution >= 4 is 27.7 Å². The molecular formula is C10H17BrN2O2. The molecule has 1 aliphatic heterocycles. The van der Waals surface area contributed by atoms with Gasteiger partial charge in [-0.05, 0) is 18.8 Å². The van der Waals surface area contributed by atoms with Crippen molar-refractivity contribution < 1.29 is 9.59 Å². The molecule has 2 amide bonds. The third-order valence-corrected chi connectivity index (χ3v) is 4.13. The monoisotopic (exact) mass is 276 g/mol. The summed E-state index contributed by atoms with van der Waals surface area (Å²) in [7, 11) is 0. The van der Waals surface area contributed by atoms with E-state index in [4.69, 9.17) is 5.73 Å². The van der Waals surface area contributed by atoms with Gasteiger partial charge < -0.3 is 10.6 Å². The molecule has 2 unspecified atom stereocenters. The average Bonchev–Trinajstić information content (AvgIpc) is 2.63. The molecule has 5 heteroatoms. The Morgan fingerprint density at radius 2 is 2.07 bits per heavy atom. The fourth-order valence-corrected chi connectivity index (χ4v) is 2.03. The van der Waals surface area contributed by atoms with Gasteiger partial charge in [0.25, 0.3) is 0 Å². The van der Waals surface area contributed by atoms with Crippen LogP contribution in [0.2, 0.25) is 0 Å². The molecule has 2 atom stereocenters. The molecule has 1 rings (SSSR count). The largest absolute Gasteiger partial charge is 0.368 e. The molecule has 0 aliphatic carbocycles. The van der Waals surface area contributed by atoms with E-state index in [1.807, 2.05) is 13.8 Å². The van der Waals surface area contributed by atoms with Gasteiger partial charge in [0.05, 0.1) is 4.83 Å². The topological polar surface area (TPSA) is 63.4 Å². The highest BCUT2D eigenvalue weighted by Gasteiger charge is 2.35. The summed E-state index contributed by atoms with van der Waals surface area (Å²) in [5.41, 5.74) is 5.25. The van der Waals surface area contributed by atoms with Crippen LogP contribution in [-0.2, 0) is 9.59 Å². The van der Waals surface area contributed by atoms with Gasteiger partial charge in [0.2, 0.25) is 11.8 Å². The number of nitrogens with two attached hydrogens (primary N) is 1. The van der Waals surface area contributed by atoms with Crippen LogP contribution >= 0.6 is 15.9 Å². The highest BCUT2D eigenvalue weighted by molar-refractivity contribution is 9.10. The number of rotatable bonds is 3. The summed E-state index contributed by atoms with van der Waals surface area (Å²) >= 11 is 3.35. The lowest BCUT2D eigenvalue weighted by atomic mass is 10.1. The Labute approximate surface area is 98.3 Å². The van der Waals surface area contributed by atoms with Crippen molar-refractivity contribution in [2.24, 2.45) is 11.7 Å². The second-order valence-corrected chi connectivity index (χ2v) is 5.22. The lowest BCUT2D eigenvalue weighted by molar-refractivity contribution is -0.137. The fourth-order valence-electron chi connectivity index (χ4n) is 1.77. The molecule has 1 saturated heterocycles. The van der Waals surface area contributed by atoms with Crippen LogP contribution in [0.25, 0.3) is 0 Å². The molecular weight excluding hydrogens is 260 g/mol. The number of amides is 2. The van der Waals surface area contributed by atoms with Crippen molar-refractivity contribution in [3.8, 4) is 0 Å². The van der Waals surface area contributed by atoms with Gasteiger partial charge in [-0.1, -0.05) is 29.8 Å². The van der Waals surface area contributed by atoms with Gasteiger partial charge in [-0.15, -0.1) is 0 Å². The van der Waals surface area contributed by atoms with Crippen LogP contribution in [0.5, 0.6) is 0 Å². The van der Waals surface area contributed by atoms with Crippen LogP contribution in [0.4, 0.5) is 0 Å². The molecule has 0 aromatic heterocycles. The predicted molar refractivity (Wildman–Crippen MR) is 61.5 cm³/mol. The van der Waals surface area contributed by atoms with E-state index in [9.17, 15) is 9.59 Å². The van der Waals surface area contributed by atoms with Crippen molar-refractivity contribution in [1.82, 2.24) is 4.90 Å². The summed E-state index contributed by atoms with van der Waals surface area (Å²) in [5.74, 6) is -0.206. The van der Waals surface area contributed by atoms with Gasteiger partial charge in [0.1, 0.15) is 6.04 Å². The van der Waals surface area contributed by atoms with Gasteiger partial charge >= 0.3 is 0 Å². The van der Waals surface area contributed by atoms with Gasteiger partial charge in [0, 0.05) is 6.54 Å². The smallest absolute Gasteiger partial charge is 0.240 e. The predicted octanol–water partition coefficient (Wildman–Crippen LogP) is 0.882. The molecule has 1 fully saturated rings. The van der Waals surface area contributed by atoms with E-state index in [1.165, 1.54) is 0 Å². The van der Waals surface area contributed by atoms with Crippen molar-refractivity contribution in [3.05, 3.63) is 0 Å². The Morgan fingerprint density at radius 3 is 2.53 bits per heavy atom. The van der Waals surface area contributed by atoms with Crippen molar-refractivity contribution in [2.45, 2.75) is 37.6 Å². The zero-order valence-electron chi connectivity index (χ0n) is 9.07. The van der Waals surface area contributed by atoms with Crippen LogP contribution in [0.3, 0.4) is 0 Å². The second kappa shape index (κ2) is 4.96. The average molecular weight is 277 g/mol.